The van der Waals surface area contributed by atoms with Crippen LogP contribution in [0, 0.1) is 18.3 Å². The Bertz CT molecular complexity index is 435. The van der Waals surface area contributed by atoms with Gasteiger partial charge in [-0.2, -0.15) is 5.26 Å². The number of esters is 1. The fraction of sp³-hybridized carbons (Fsp3) is 0.273. The third kappa shape index (κ3) is 2.48. The summed E-state index contributed by atoms with van der Waals surface area (Å²) >= 11 is 5.94. The van der Waals surface area contributed by atoms with E-state index in [9.17, 15) is 4.79 Å². The molecule has 3 nitrogen and oxygen atoms in total. The van der Waals surface area contributed by atoms with Gasteiger partial charge in [0.25, 0.3) is 0 Å². The number of aryl methyl sites for hydroxylation is 1. The first kappa shape index (κ1) is 11.5. The van der Waals surface area contributed by atoms with Crippen LogP contribution in [0.25, 0.3) is 0 Å². The Morgan fingerprint density at radius 3 is 2.80 bits per heavy atom. The second-order valence-electron chi connectivity index (χ2n) is 2.99. The van der Waals surface area contributed by atoms with Gasteiger partial charge in [-0.15, -0.1) is 0 Å². The molecule has 0 unspecified atom stereocenters. The molecule has 0 aliphatic heterocycles. The van der Waals surface area contributed by atoms with Crippen molar-refractivity contribution >= 4 is 17.6 Å². The first-order chi connectivity index (χ1) is 7.10. The number of carbonyl (C=O) groups is 1. The van der Waals surface area contributed by atoms with Crippen molar-refractivity contribution in [3.05, 3.63) is 33.8 Å². The minimum atomic E-state index is -0.497. The Labute approximate surface area is 93.2 Å². The van der Waals surface area contributed by atoms with Crippen LogP contribution in [0.1, 0.15) is 28.4 Å². The van der Waals surface area contributed by atoms with Gasteiger partial charge >= 0.3 is 5.97 Å². The highest BCUT2D eigenvalue weighted by molar-refractivity contribution is 6.34. The molecule has 0 atom stereocenters. The van der Waals surface area contributed by atoms with E-state index in [0.29, 0.717) is 16.1 Å². The molecule has 1 aromatic rings. The second kappa shape index (κ2) is 4.81. The predicted molar refractivity (Wildman–Crippen MR) is 56.9 cm³/mol. The van der Waals surface area contributed by atoms with Crippen LogP contribution in [0.2, 0.25) is 5.02 Å². The minimum Gasteiger partial charge on any atom is -0.462 e. The number of hydrogen-bond donors (Lipinski definition) is 0. The number of carbonyl (C=O) groups excluding carboxylic acids is 1. The van der Waals surface area contributed by atoms with Crippen molar-refractivity contribution in [3.63, 3.8) is 0 Å². The first-order valence-corrected chi connectivity index (χ1v) is 4.85. The summed E-state index contributed by atoms with van der Waals surface area (Å²) in [7, 11) is 0. The quantitative estimate of drug-likeness (QED) is 0.725. The average Bonchev–Trinajstić information content (AvgIpc) is 2.22. The highest BCUT2D eigenvalue weighted by atomic mass is 35.5. The van der Waals surface area contributed by atoms with Gasteiger partial charge in [-0.05, 0) is 31.5 Å². The van der Waals surface area contributed by atoms with Crippen molar-refractivity contribution in [2.45, 2.75) is 13.8 Å². The molecule has 0 radical (unpaired) electrons. The molecule has 78 valence electrons. The van der Waals surface area contributed by atoms with Gasteiger partial charge in [-0.25, -0.2) is 4.79 Å². The lowest BCUT2D eigenvalue weighted by Gasteiger charge is -2.06. The summed E-state index contributed by atoms with van der Waals surface area (Å²) in [6.07, 6.45) is 0. The number of benzene rings is 1. The number of rotatable bonds is 2. The second-order valence-corrected chi connectivity index (χ2v) is 3.36. The zero-order valence-corrected chi connectivity index (χ0v) is 9.26. The van der Waals surface area contributed by atoms with Crippen LogP contribution in [0.3, 0.4) is 0 Å². The first-order valence-electron chi connectivity index (χ1n) is 4.47. The molecule has 0 amide bonds. The topological polar surface area (TPSA) is 50.1 Å². The maximum atomic E-state index is 11.5. The molecule has 0 aliphatic rings. The molecule has 1 rings (SSSR count). The Kier molecular flexibility index (Phi) is 3.70. The van der Waals surface area contributed by atoms with Crippen LogP contribution < -0.4 is 0 Å². The zero-order valence-electron chi connectivity index (χ0n) is 8.50. The van der Waals surface area contributed by atoms with Gasteiger partial charge in [-0.1, -0.05) is 11.6 Å². The maximum absolute atomic E-state index is 11.5. The monoisotopic (exact) mass is 223 g/mol. The molecule has 15 heavy (non-hydrogen) atoms. The summed E-state index contributed by atoms with van der Waals surface area (Å²) in [5.41, 5.74) is 1.34. The molecule has 0 saturated carbocycles. The SMILES string of the molecule is CCOC(=O)c1cc(C#N)cc(C)c1Cl. The smallest absolute Gasteiger partial charge is 0.339 e. The number of halogens is 1. The van der Waals surface area contributed by atoms with E-state index >= 15 is 0 Å². The molecular formula is C11H10ClNO2. The van der Waals surface area contributed by atoms with E-state index in [2.05, 4.69) is 0 Å². The largest absolute Gasteiger partial charge is 0.462 e. The van der Waals surface area contributed by atoms with Crippen LogP contribution in [-0.4, -0.2) is 12.6 Å². The highest BCUT2D eigenvalue weighted by Crippen LogP contribution is 2.23. The van der Waals surface area contributed by atoms with E-state index in [4.69, 9.17) is 21.6 Å². The third-order valence-electron chi connectivity index (χ3n) is 1.88. The van der Waals surface area contributed by atoms with E-state index in [1.165, 1.54) is 6.07 Å². The Morgan fingerprint density at radius 1 is 1.60 bits per heavy atom. The standard InChI is InChI=1S/C11H10ClNO2/c1-3-15-11(14)9-5-8(6-13)4-7(2)10(9)12/h4-5H,3H2,1-2H3. The summed E-state index contributed by atoms with van der Waals surface area (Å²) in [5.74, 6) is -0.497. The number of nitrogens with zero attached hydrogens (tertiary/aromatic N) is 1. The highest BCUT2D eigenvalue weighted by Gasteiger charge is 2.14. The van der Waals surface area contributed by atoms with Crippen LogP contribution in [0.4, 0.5) is 0 Å². The van der Waals surface area contributed by atoms with Crippen LogP contribution in [0.5, 0.6) is 0 Å². The van der Waals surface area contributed by atoms with Gasteiger partial charge in [-0.3, -0.25) is 0 Å². The molecule has 0 aromatic heterocycles. The summed E-state index contributed by atoms with van der Waals surface area (Å²) in [6.45, 7) is 3.74. The number of nitriles is 1. The summed E-state index contributed by atoms with van der Waals surface area (Å²) in [4.78, 5) is 11.5. The van der Waals surface area contributed by atoms with Crippen molar-refractivity contribution in [3.8, 4) is 6.07 Å². The van der Waals surface area contributed by atoms with E-state index in [0.717, 1.165) is 0 Å². The Morgan fingerprint density at radius 2 is 2.27 bits per heavy atom. The van der Waals surface area contributed by atoms with Crippen molar-refractivity contribution in [2.24, 2.45) is 0 Å². The van der Waals surface area contributed by atoms with Gasteiger partial charge < -0.3 is 4.74 Å². The normalized spacial score (nSPS) is 9.47. The predicted octanol–water partition coefficient (Wildman–Crippen LogP) is 2.70. The van der Waals surface area contributed by atoms with Crippen LogP contribution >= 0.6 is 11.6 Å². The molecule has 0 aliphatic carbocycles. The lowest BCUT2D eigenvalue weighted by atomic mass is 10.1. The summed E-state index contributed by atoms with van der Waals surface area (Å²) < 4.78 is 4.83. The molecule has 0 saturated heterocycles. The molecule has 4 heteroatoms. The molecule has 0 heterocycles. The van der Waals surface area contributed by atoms with Crippen molar-refractivity contribution in [2.75, 3.05) is 6.61 Å². The van der Waals surface area contributed by atoms with Gasteiger partial charge in [0.05, 0.1) is 28.8 Å². The van der Waals surface area contributed by atoms with Crippen LogP contribution in [-0.2, 0) is 4.74 Å². The van der Waals surface area contributed by atoms with Gasteiger partial charge in [0, 0.05) is 0 Å². The molecule has 0 bridgehead atoms. The van der Waals surface area contributed by atoms with Crippen molar-refractivity contribution < 1.29 is 9.53 Å². The van der Waals surface area contributed by atoms with E-state index in [-0.39, 0.29) is 12.2 Å². The fourth-order valence-electron chi connectivity index (χ4n) is 1.19. The van der Waals surface area contributed by atoms with Crippen LogP contribution in [0.15, 0.2) is 12.1 Å². The third-order valence-corrected chi connectivity index (χ3v) is 2.38. The summed E-state index contributed by atoms with van der Waals surface area (Å²) in [5, 5.41) is 9.08. The molecule has 0 fully saturated rings. The van der Waals surface area contributed by atoms with Gasteiger partial charge in [0.15, 0.2) is 0 Å². The lowest BCUT2D eigenvalue weighted by Crippen LogP contribution is -2.06. The summed E-state index contributed by atoms with van der Waals surface area (Å²) in [6, 6.07) is 5.03. The number of hydrogen-bond acceptors (Lipinski definition) is 3. The molecule has 1 aromatic carbocycles. The Balaban J connectivity index is 3.23. The minimum absolute atomic E-state index is 0.245. The molecule has 0 spiro atoms. The number of ether oxygens (including phenoxy) is 1. The van der Waals surface area contributed by atoms with Crippen molar-refractivity contribution in [1.82, 2.24) is 0 Å². The van der Waals surface area contributed by atoms with Crippen molar-refractivity contribution in [1.29, 1.82) is 5.26 Å². The maximum Gasteiger partial charge on any atom is 0.339 e. The van der Waals surface area contributed by atoms with Gasteiger partial charge in [0.1, 0.15) is 0 Å². The molecular weight excluding hydrogens is 214 g/mol. The Hall–Kier alpha value is -1.53. The van der Waals surface area contributed by atoms with E-state index in [1.54, 1.807) is 19.9 Å². The van der Waals surface area contributed by atoms with E-state index in [1.807, 2.05) is 6.07 Å². The fourth-order valence-corrected chi connectivity index (χ4v) is 1.38. The van der Waals surface area contributed by atoms with E-state index < -0.39 is 5.97 Å². The lowest BCUT2D eigenvalue weighted by molar-refractivity contribution is 0.0526. The average molecular weight is 224 g/mol. The van der Waals surface area contributed by atoms with Gasteiger partial charge in [0.2, 0.25) is 0 Å². The molecule has 0 N–H and O–H groups in total. The zero-order chi connectivity index (χ0) is 11.4.